The highest BCUT2D eigenvalue weighted by atomic mass is 16.5. The highest BCUT2D eigenvalue weighted by Crippen LogP contribution is 2.15. The second-order valence-corrected chi connectivity index (χ2v) is 5.04. The van der Waals surface area contributed by atoms with E-state index in [0.717, 1.165) is 38.8 Å². The predicted molar refractivity (Wildman–Crippen MR) is 71.5 cm³/mol. The lowest BCUT2D eigenvalue weighted by Crippen LogP contribution is -2.45. The molecule has 0 spiro atoms. The average molecular weight is 257 g/mol. The smallest absolute Gasteiger partial charge is 0.323 e. The molecule has 4 heteroatoms. The molecule has 1 heterocycles. The summed E-state index contributed by atoms with van der Waals surface area (Å²) < 4.78 is 10.7. The monoisotopic (exact) mass is 257 g/mol. The van der Waals surface area contributed by atoms with Gasteiger partial charge in [-0.15, -0.1) is 0 Å². The van der Waals surface area contributed by atoms with Crippen LogP contribution >= 0.6 is 0 Å². The van der Waals surface area contributed by atoms with Gasteiger partial charge < -0.3 is 14.8 Å². The zero-order valence-electron chi connectivity index (χ0n) is 11.9. The number of hydrogen-bond donors (Lipinski definition) is 1. The average Bonchev–Trinajstić information content (AvgIpc) is 2.83. The van der Waals surface area contributed by atoms with Crippen LogP contribution in [0.25, 0.3) is 0 Å². The second kappa shape index (κ2) is 8.48. The Hall–Kier alpha value is -0.610. The molecule has 0 aromatic carbocycles. The summed E-state index contributed by atoms with van der Waals surface area (Å²) in [6.07, 6.45) is 4.59. The maximum Gasteiger partial charge on any atom is 0.323 e. The van der Waals surface area contributed by atoms with Crippen LogP contribution in [0.5, 0.6) is 0 Å². The van der Waals surface area contributed by atoms with Gasteiger partial charge in [0.25, 0.3) is 0 Å². The lowest BCUT2D eigenvalue weighted by atomic mass is 9.96. The summed E-state index contributed by atoms with van der Waals surface area (Å²) in [5.41, 5.74) is 0. The van der Waals surface area contributed by atoms with Crippen LogP contribution in [0.15, 0.2) is 0 Å². The van der Waals surface area contributed by atoms with E-state index in [2.05, 4.69) is 19.2 Å². The van der Waals surface area contributed by atoms with Crippen molar-refractivity contribution in [2.45, 2.75) is 58.6 Å². The largest absolute Gasteiger partial charge is 0.465 e. The molecule has 1 fully saturated rings. The van der Waals surface area contributed by atoms with Crippen LogP contribution in [0.1, 0.15) is 46.5 Å². The van der Waals surface area contributed by atoms with E-state index in [1.54, 1.807) is 0 Å². The van der Waals surface area contributed by atoms with Crippen molar-refractivity contribution in [3.05, 3.63) is 0 Å². The van der Waals surface area contributed by atoms with Crippen molar-refractivity contribution in [2.24, 2.45) is 5.92 Å². The topological polar surface area (TPSA) is 47.6 Å². The molecule has 3 unspecified atom stereocenters. The number of rotatable bonds is 8. The summed E-state index contributed by atoms with van der Waals surface area (Å²) in [5, 5.41) is 3.33. The third kappa shape index (κ3) is 4.94. The fourth-order valence-electron chi connectivity index (χ4n) is 2.43. The lowest BCUT2D eigenvalue weighted by molar-refractivity contribution is -0.147. The highest BCUT2D eigenvalue weighted by molar-refractivity contribution is 5.76. The van der Waals surface area contributed by atoms with Gasteiger partial charge in [-0.3, -0.25) is 4.79 Å². The molecule has 0 radical (unpaired) electrons. The molecular weight excluding hydrogens is 230 g/mol. The Morgan fingerprint density at radius 3 is 2.83 bits per heavy atom. The standard InChI is InChI=1S/C14H27NO3/c1-4-7-11(3)13(14(16)17-5-2)15-10-12-8-6-9-18-12/h11-13,15H,4-10H2,1-3H3. The first-order chi connectivity index (χ1) is 8.69. The first kappa shape index (κ1) is 15.4. The van der Waals surface area contributed by atoms with Gasteiger partial charge in [0, 0.05) is 13.2 Å². The van der Waals surface area contributed by atoms with E-state index in [1.807, 2.05) is 6.92 Å². The molecule has 0 bridgehead atoms. The molecule has 1 aliphatic rings. The Labute approximate surface area is 110 Å². The van der Waals surface area contributed by atoms with Gasteiger partial charge >= 0.3 is 5.97 Å². The Morgan fingerprint density at radius 2 is 2.28 bits per heavy atom. The normalized spacial score (nSPS) is 22.7. The van der Waals surface area contributed by atoms with Gasteiger partial charge in [0.05, 0.1) is 12.7 Å². The minimum atomic E-state index is -0.200. The number of carbonyl (C=O) groups is 1. The van der Waals surface area contributed by atoms with Crippen molar-refractivity contribution in [2.75, 3.05) is 19.8 Å². The maximum atomic E-state index is 11.9. The molecule has 1 N–H and O–H groups in total. The van der Waals surface area contributed by atoms with Crippen molar-refractivity contribution in [3.63, 3.8) is 0 Å². The van der Waals surface area contributed by atoms with E-state index in [1.165, 1.54) is 0 Å². The number of hydrogen-bond acceptors (Lipinski definition) is 4. The van der Waals surface area contributed by atoms with Crippen LogP contribution in [0.4, 0.5) is 0 Å². The predicted octanol–water partition coefficient (Wildman–Crippen LogP) is 2.12. The van der Waals surface area contributed by atoms with E-state index < -0.39 is 0 Å². The van der Waals surface area contributed by atoms with Gasteiger partial charge in [0.15, 0.2) is 0 Å². The van der Waals surface area contributed by atoms with Gasteiger partial charge in [-0.1, -0.05) is 20.3 Å². The third-order valence-corrected chi connectivity index (χ3v) is 3.44. The first-order valence-corrected chi connectivity index (χ1v) is 7.20. The number of carbonyl (C=O) groups excluding carboxylic acids is 1. The molecule has 1 saturated heterocycles. The quantitative estimate of drug-likeness (QED) is 0.677. The van der Waals surface area contributed by atoms with Crippen LogP contribution in [-0.2, 0) is 14.3 Å². The minimum Gasteiger partial charge on any atom is -0.465 e. The molecule has 0 aromatic rings. The molecular formula is C14H27NO3. The van der Waals surface area contributed by atoms with Gasteiger partial charge in [0.2, 0.25) is 0 Å². The summed E-state index contributed by atoms with van der Waals surface area (Å²) >= 11 is 0. The van der Waals surface area contributed by atoms with Gasteiger partial charge in [-0.2, -0.15) is 0 Å². The molecule has 18 heavy (non-hydrogen) atoms. The zero-order chi connectivity index (χ0) is 13.4. The van der Waals surface area contributed by atoms with Crippen LogP contribution in [-0.4, -0.2) is 37.9 Å². The molecule has 0 amide bonds. The van der Waals surface area contributed by atoms with Crippen LogP contribution in [0, 0.1) is 5.92 Å². The van der Waals surface area contributed by atoms with Crippen LogP contribution < -0.4 is 5.32 Å². The Kier molecular flexibility index (Phi) is 7.28. The maximum absolute atomic E-state index is 11.9. The summed E-state index contributed by atoms with van der Waals surface area (Å²) in [7, 11) is 0. The summed E-state index contributed by atoms with van der Waals surface area (Å²) in [4.78, 5) is 11.9. The fraction of sp³-hybridized carbons (Fsp3) is 0.929. The Morgan fingerprint density at radius 1 is 1.50 bits per heavy atom. The molecule has 106 valence electrons. The van der Waals surface area contributed by atoms with E-state index in [4.69, 9.17) is 9.47 Å². The number of ether oxygens (including phenoxy) is 2. The fourth-order valence-corrected chi connectivity index (χ4v) is 2.43. The molecule has 1 aliphatic heterocycles. The van der Waals surface area contributed by atoms with Crippen LogP contribution in [0.2, 0.25) is 0 Å². The molecule has 3 atom stereocenters. The van der Waals surface area contributed by atoms with Crippen molar-refractivity contribution in [1.82, 2.24) is 5.32 Å². The summed E-state index contributed by atoms with van der Waals surface area (Å²) in [6.45, 7) is 8.13. The van der Waals surface area contributed by atoms with Gasteiger partial charge in [0.1, 0.15) is 6.04 Å². The summed E-state index contributed by atoms with van der Waals surface area (Å²) in [5.74, 6) is 0.173. The summed E-state index contributed by atoms with van der Waals surface area (Å²) in [6, 6.07) is -0.200. The Bertz CT molecular complexity index is 239. The van der Waals surface area contributed by atoms with E-state index in [0.29, 0.717) is 12.5 Å². The number of esters is 1. The second-order valence-electron chi connectivity index (χ2n) is 5.04. The molecule has 4 nitrogen and oxygen atoms in total. The van der Waals surface area contributed by atoms with Crippen LogP contribution in [0.3, 0.4) is 0 Å². The molecule has 0 saturated carbocycles. The molecule has 0 aliphatic carbocycles. The van der Waals surface area contributed by atoms with E-state index >= 15 is 0 Å². The molecule has 0 aromatic heterocycles. The van der Waals surface area contributed by atoms with Gasteiger partial charge in [-0.25, -0.2) is 0 Å². The van der Waals surface area contributed by atoms with E-state index in [-0.39, 0.29) is 18.1 Å². The zero-order valence-corrected chi connectivity index (χ0v) is 11.9. The van der Waals surface area contributed by atoms with Gasteiger partial charge in [-0.05, 0) is 32.1 Å². The Balaban J connectivity index is 2.44. The lowest BCUT2D eigenvalue weighted by Gasteiger charge is -2.24. The van der Waals surface area contributed by atoms with Crippen molar-refractivity contribution < 1.29 is 14.3 Å². The number of nitrogens with one attached hydrogen (secondary N) is 1. The minimum absolute atomic E-state index is 0.128. The highest BCUT2D eigenvalue weighted by Gasteiger charge is 2.27. The van der Waals surface area contributed by atoms with E-state index in [9.17, 15) is 4.79 Å². The first-order valence-electron chi connectivity index (χ1n) is 7.20. The molecule has 1 rings (SSSR count). The van der Waals surface area contributed by atoms with Crippen molar-refractivity contribution >= 4 is 5.97 Å². The SMILES string of the molecule is CCCC(C)C(NCC1CCCO1)C(=O)OCC. The van der Waals surface area contributed by atoms with Crippen molar-refractivity contribution in [1.29, 1.82) is 0 Å². The van der Waals surface area contributed by atoms with Crippen molar-refractivity contribution in [3.8, 4) is 0 Å². The third-order valence-electron chi connectivity index (χ3n) is 3.44.